The van der Waals surface area contributed by atoms with Crippen molar-refractivity contribution < 1.29 is 35.5 Å². The first-order valence-corrected chi connectivity index (χ1v) is 11.0. The van der Waals surface area contributed by atoms with Gasteiger partial charge in [-0.1, -0.05) is 6.07 Å². The number of benzene rings is 2. The maximum atomic E-state index is 13.7. The van der Waals surface area contributed by atoms with Crippen LogP contribution in [0.2, 0.25) is 0 Å². The first-order chi connectivity index (χ1) is 16.2. The van der Waals surface area contributed by atoms with Crippen LogP contribution < -0.4 is 5.32 Å². The third kappa shape index (κ3) is 6.11. The van der Waals surface area contributed by atoms with E-state index in [9.17, 15) is 35.5 Å². The summed E-state index contributed by atoms with van der Waals surface area (Å²) in [5.74, 6) is -1.27. The number of nitrogens with zero attached hydrogens (tertiary/aromatic N) is 2. The zero-order valence-electron chi connectivity index (χ0n) is 18.5. The number of halogens is 7. The van der Waals surface area contributed by atoms with E-state index in [1.54, 1.807) is 6.92 Å². The highest BCUT2D eigenvalue weighted by Gasteiger charge is 2.37. The molecule has 12 heteroatoms. The lowest BCUT2D eigenvalue weighted by Crippen LogP contribution is -2.21. The van der Waals surface area contributed by atoms with E-state index in [2.05, 4.69) is 15.3 Å². The van der Waals surface area contributed by atoms with Gasteiger partial charge in [0.2, 0.25) is 0 Å². The van der Waals surface area contributed by atoms with E-state index in [1.807, 2.05) is 0 Å². The summed E-state index contributed by atoms with van der Waals surface area (Å²) in [5.41, 5.74) is -2.13. The van der Waals surface area contributed by atoms with E-state index in [-0.39, 0.29) is 39.5 Å². The Morgan fingerprint density at radius 3 is 2.06 bits per heavy atom. The summed E-state index contributed by atoms with van der Waals surface area (Å²) in [5, 5.41) is 2.59. The van der Waals surface area contributed by atoms with E-state index in [1.165, 1.54) is 26.1 Å². The summed E-state index contributed by atoms with van der Waals surface area (Å²) in [6.07, 6.45) is -9.95. The van der Waals surface area contributed by atoms with Gasteiger partial charge in [-0.3, -0.25) is 4.79 Å². The van der Waals surface area contributed by atoms with Gasteiger partial charge in [0.05, 0.1) is 11.1 Å². The lowest BCUT2D eigenvalue weighted by Gasteiger charge is -2.17. The highest BCUT2D eigenvalue weighted by Crippen LogP contribution is 2.39. The molecule has 2 aromatic carbocycles. The Hall–Kier alpha value is -3.15. The summed E-state index contributed by atoms with van der Waals surface area (Å²) in [7, 11) is 1.37. The summed E-state index contributed by atoms with van der Waals surface area (Å²) in [6, 6.07) is 5.12. The molecule has 0 saturated heterocycles. The van der Waals surface area contributed by atoms with Gasteiger partial charge in [-0.25, -0.2) is 14.4 Å². The second-order valence-electron chi connectivity index (χ2n) is 7.54. The third-order valence-corrected chi connectivity index (χ3v) is 5.96. The van der Waals surface area contributed by atoms with Crippen molar-refractivity contribution in [2.75, 3.05) is 7.05 Å². The van der Waals surface area contributed by atoms with Crippen LogP contribution in [0.1, 0.15) is 38.6 Å². The molecule has 0 bridgehead atoms. The second-order valence-corrected chi connectivity index (χ2v) is 8.50. The maximum absolute atomic E-state index is 13.7. The van der Waals surface area contributed by atoms with E-state index < -0.39 is 35.2 Å². The molecule has 0 aliphatic carbocycles. The number of amides is 1. The number of thioether (sulfide) groups is 1. The summed E-state index contributed by atoms with van der Waals surface area (Å²) in [6.45, 7) is 3.08. The minimum Gasteiger partial charge on any atom is -0.354 e. The molecule has 0 unspecified atom stereocenters. The molecule has 0 fully saturated rings. The molecule has 1 aromatic heterocycles. The number of carbonyl (C=O) groups is 1. The van der Waals surface area contributed by atoms with Crippen molar-refractivity contribution in [3.8, 4) is 11.1 Å². The molecule has 186 valence electrons. The zero-order chi connectivity index (χ0) is 26.1. The van der Waals surface area contributed by atoms with Crippen molar-refractivity contribution in [1.82, 2.24) is 15.3 Å². The molecule has 35 heavy (non-hydrogen) atoms. The number of hydrogen-bond acceptors (Lipinski definition) is 4. The van der Waals surface area contributed by atoms with E-state index >= 15 is 0 Å². The highest BCUT2D eigenvalue weighted by molar-refractivity contribution is 7.98. The Morgan fingerprint density at radius 2 is 1.54 bits per heavy atom. The van der Waals surface area contributed by atoms with E-state index in [0.717, 1.165) is 17.8 Å². The smallest absolute Gasteiger partial charge is 0.354 e. The van der Waals surface area contributed by atoms with Crippen molar-refractivity contribution in [3.05, 3.63) is 76.0 Å². The topological polar surface area (TPSA) is 54.9 Å². The van der Waals surface area contributed by atoms with Crippen LogP contribution in [0.15, 0.2) is 41.4 Å². The molecular formula is C23H18F7N3OS. The molecule has 0 radical (unpaired) electrons. The van der Waals surface area contributed by atoms with Crippen molar-refractivity contribution in [2.24, 2.45) is 0 Å². The largest absolute Gasteiger partial charge is 0.416 e. The maximum Gasteiger partial charge on any atom is 0.416 e. The predicted molar refractivity (Wildman–Crippen MR) is 116 cm³/mol. The Bertz CT molecular complexity index is 1240. The van der Waals surface area contributed by atoms with Gasteiger partial charge < -0.3 is 5.32 Å². The summed E-state index contributed by atoms with van der Waals surface area (Å²) >= 11 is 0.843. The van der Waals surface area contributed by atoms with Crippen LogP contribution in [-0.4, -0.2) is 22.9 Å². The Morgan fingerprint density at radius 1 is 0.943 bits per heavy atom. The van der Waals surface area contributed by atoms with Crippen LogP contribution in [0.25, 0.3) is 11.1 Å². The molecule has 1 N–H and O–H groups in total. The minimum atomic E-state index is -4.98. The quantitative estimate of drug-likeness (QED) is 0.236. The first-order valence-electron chi connectivity index (χ1n) is 9.99. The molecule has 3 rings (SSSR count). The summed E-state index contributed by atoms with van der Waals surface area (Å²) in [4.78, 5) is 21.0. The molecule has 1 amide bonds. The molecule has 0 atom stereocenters. The minimum absolute atomic E-state index is 0.0556. The molecular weight excluding hydrogens is 499 g/mol. The van der Waals surface area contributed by atoms with Gasteiger partial charge in [0.15, 0.2) is 0 Å². The van der Waals surface area contributed by atoms with Crippen LogP contribution >= 0.6 is 11.8 Å². The normalized spacial score (nSPS) is 12.1. The Balaban J connectivity index is 2.13. The van der Waals surface area contributed by atoms with Gasteiger partial charge in [0, 0.05) is 18.4 Å². The van der Waals surface area contributed by atoms with Crippen LogP contribution in [0.3, 0.4) is 0 Å². The lowest BCUT2D eigenvalue weighted by molar-refractivity contribution is -0.143. The lowest BCUT2D eigenvalue weighted by atomic mass is 10.00. The van der Waals surface area contributed by atoms with Crippen molar-refractivity contribution >= 4 is 17.7 Å². The SMILES string of the molecule is CNC(=O)c1nc(C)nc(SCc2cc(C(F)(F)F)cc(C(F)(F)F)c2)c1-c1ccc(F)cc1C. The number of alkyl halides is 6. The molecule has 0 spiro atoms. The zero-order valence-corrected chi connectivity index (χ0v) is 19.3. The Labute approximate surface area is 200 Å². The first kappa shape index (κ1) is 26.5. The van der Waals surface area contributed by atoms with Gasteiger partial charge in [0.1, 0.15) is 22.4 Å². The molecule has 0 aliphatic rings. The molecule has 0 aliphatic heterocycles. The molecule has 3 aromatic rings. The number of hydrogen-bond donors (Lipinski definition) is 1. The van der Waals surface area contributed by atoms with Crippen molar-refractivity contribution in [3.63, 3.8) is 0 Å². The fourth-order valence-electron chi connectivity index (χ4n) is 3.34. The predicted octanol–water partition coefficient (Wildman–Crippen LogP) is 6.59. The van der Waals surface area contributed by atoms with Gasteiger partial charge in [0.25, 0.3) is 5.91 Å². The fourth-order valence-corrected chi connectivity index (χ4v) is 4.36. The average Bonchev–Trinajstić information content (AvgIpc) is 2.76. The second kappa shape index (κ2) is 9.84. The summed E-state index contributed by atoms with van der Waals surface area (Å²) < 4.78 is 93.0. The van der Waals surface area contributed by atoms with Crippen LogP contribution in [0.5, 0.6) is 0 Å². The van der Waals surface area contributed by atoms with Crippen LogP contribution in [-0.2, 0) is 18.1 Å². The van der Waals surface area contributed by atoms with Gasteiger partial charge in [-0.15, -0.1) is 11.8 Å². The van der Waals surface area contributed by atoms with E-state index in [0.29, 0.717) is 23.3 Å². The Kier molecular flexibility index (Phi) is 7.44. The fraction of sp³-hybridized carbons (Fsp3) is 0.261. The molecule has 1 heterocycles. The standard InChI is InChI=1S/C23H18F7N3OS/c1-11-6-16(24)4-5-17(11)18-19(20(34)31-3)32-12(2)33-21(18)35-10-13-7-14(22(25,26)27)9-15(8-13)23(28,29)30/h4-9H,10H2,1-3H3,(H,31,34). The number of nitrogens with one attached hydrogen (secondary N) is 1. The van der Waals surface area contributed by atoms with Crippen LogP contribution in [0, 0.1) is 19.7 Å². The van der Waals surface area contributed by atoms with Gasteiger partial charge >= 0.3 is 12.4 Å². The van der Waals surface area contributed by atoms with Crippen molar-refractivity contribution in [2.45, 2.75) is 37.0 Å². The number of rotatable bonds is 5. The monoisotopic (exact) mass is 517 g/mol. The number of aromatic nitrogens is 2. The average molecular weight is 517 g/mol. The number of aryl methyl sites for hydroxylation is 2. The van der Waals surface area contributed by atoms with Gasteiger partial charge in [-0.2, -0.15) is 26.3 Å². The third-order valence-electron chi connectivity index (χ3n) is 4.91. The van der Waals surface area contributed by atoms with E-state index in [4.69, 9.17) is 0 Å². The highest BCUT2D eigenvalue weighted by atomic mass is 32.2. The van der Waals surface area contributed by atoms with Crippen molar-refractivity contribution in [1.29, 1.82) is 0 Å². The van der Waals surface area contributed by atoms with Crippen LogP contribution in [0.4, 0.5) is 30.7 Å². The molecule has 0 saturated carbocycles. The number of carbonyl (C=O) groups excluding carboxylic acids is 1. The molecule has 4 nitrogen and oxygen atoms in total. The van der Waals surface area contributed by atoms with Gasteiger partial charge in [-0.05, 0) is 60.9 Å².